The van der Waals surface area contributed by atoms with Crippen molar-refractivity contribution < 1.29 is 9.53 Å². The van der Waals surface area contributed by atoms with Gasteiger partial charge in [-0.2, -0.15) is 0 Å². The fraction of sp³-hybridized carbons (Fsp3) is 0.308. The molecule has 0 aliphatic heterocycles. The van der Waals surface area contributed by atoms with Crippen LogP contribution in [0.5, 0.6) is 5.75 Å². The number of nitrogens with one attached hydrogen (secondary N) is 1. The summed E-state index contributed by atoms with van der Waals surface area (Å²) in [5.74, 6) is 0.620. The van der Waals surface area contributed by atoms with Crippen LogP contribution in [0.1, 0.15) is 23.0 Å². The number of rotatable bonds is 3. The van der Waals surface area contributed by atoms with Crippen LogP contribution in [0.25, 0.3) is 10.9 Å². The Morgan fingerprint density at radius 3 is 2.76 bits per heavy atom. The third-order valence-electron chi connectivity index (χ3n) is 2.85. The van der Waals surface area contributed by atoms with Gasteiger partial charge in [-0.15, -0.1) is 0 Å². The summed E-state index contributed by atoms with van der Waals surface area (Å²) in [6, 6.07) is 5.13. The summed E-state index contributed by atoms with van der Waals surface area (Å²) in [4.78, 5) is 15.3. The number of methoxy groups -OCH3 is 1. The Bertz CT molecular complexity index is 570. The van der Waals surface area contributed by atoms with Crippen molar-refractivity contribution in [1.82, 2.24) is 4.98 Å². The lowest BCUT2D eigenvalue weighted by molar-refractivity contribution is 0.0969. The number of benzene rings is 1. The molecule has 0 aliphatic carbocycles. The second kappa shape index (κ2) is 4.22. The van der Waals surface area contributed by atoms with E-state index < -0.39 is 6.04 Å². The molecule has 0 spiro atoms. The zero-order valence-corrected chi connectivity index (χ0v) is 10.2. The van der Waals surface area contributed by atoms with Crippen LogP contribution >= 0.6 is 0 Å². The molecular weight excluding hydrogens is 216 g/mol. The van der Waals surface area contributed by atoms with Crippen LogP contribution in [0.15, 0.2) is 18.2 Å². The number of Topliss-reactive ketones (excluding diaryl/α,β-unsaturated/α-hetero) is 1. The number of ether oxygens (including phenoxy) is 1. The summed E-state index contributed by atoms with van der Waals surface area (Å²) < 4.78 is 5.30. The van der Waals surface area contributed by atoms with Crippen molar-refractivity contribution in [2.24, 2.45) is 5.73 Å². The van der Waals surface area contributed by atoms with Gasteiger partial charge in [0.15, 0.2) is 5.78 Å². The molecule has 17 heavy (non-hydrogen) atoms. The number of carbonyl (C=O) groups excluding carboxylic acids is 1. The van der Waals surface area contributed by atoms with Gasteiger partial charge in [0, 0.05) is 5.69 Å². The predicted molar refractivity (Wildman–Crippen MR) is 67.6 cm³/mol. The molecule has 1 unspecified atom stereocenters. The van der Waals surface area contributed by atoms with Gasteiger partial charge in [0.1, 0.15) is 5.75 Å². The Hall–Kier alpha value is -1.81. The van der Waals surface area contributed by atoms with Gasteiger partial charge < -0.3 is 15.5 Å². The maximum atomic E-state index is 12.1. The van der Waals surface area contributed by atoms with E-state index in [1.165, 1.54) is 0 Å². The maximum Gasteiger partial charge on any atom is 0.181 e. The molecule has 3 N–H and O–H groups in total. The number of aromatic amines is 1. The minimum atomic E-state index is -0.516. The molecule has 0 amide bonds. The van der Waals surface area contributed by atoms with Gasteiger partial charge in [0.2, 0.25) is 0 Å². The number of carbonyl (C=O) groups is 1. The predicted octanol–water partition coefficient (Wildman–Crippen LogP) is 2.01. The third kappa shape index (κ3) is 1.80. The first kappa shape index (κ1) is 11.7. The summed E-state index contributed by atoms with van der Waals surface area (Å²) in [6.45, 7) is 3.56. The van der Waals surface area contributed by atoms with Crippen LogP contribution in [0.4, 0.5) is 0 Å². The van der Waals surface area contributed by atoms with E-state index >= 15 is 0 Å². The molecule has 0 saturated heterocycles. The Morgan fingerprint density at radius 1 is 1.47 bits per heavy atom. The van der Waals surface area contributed by atoms with E-state index in [-0.39, 0.29) is 5.78 Å². The molecule has 4 heteroatoms. The first-order valence-corrected chi connectivity index (χ1v) is 5.51. The first-order valence-electron chi connectivity index (χ1n) is 5.51. The number of fused-ring (bicyclic) bond motifs is 1. The van der Waals surface area contributed by atoms with Crippen molar-refractivity contribution in [3.05, 3.63) is 29.5 Å². The van der Waals surface area contributed by atoms with Crippen LogP contribution in [0.2, 0.25) is 0 Å². The largest absolute Gasteiger partial charge is 0.496 e. The molecule has 2 aromatic rings. The lowest BCUT2D eigenvalue weighted by atomic mass is 10.0. The van der Waals surface area contributed by atoms with E-state index in [1.807, 2.05) is 25.1 Å². The highest BCUT2D eigenvalue weighted by atomic mass is 16.5. The summed E-state index contributed by atoms with van der Waals surface area (Å²) in [5.41, 5.74) is 8.03. The molecule has 1 aromatic heterocycles. The fourth-order valence-electron chi connectivity index (χ4n) is 2.05. The molecule has 4 nitrogen and oxygen atoms in total. The number of nitrogens with two attached hydrogens (primary N) is 1. The zero-order valence-electron chi connectivity index (χ0n) is 10.2. The fourth-order valence-corrected chi connectivity index (χ4v) is 2.05. The van der Waals surface area contributed by atoms with Gasteiger partial charge in [-0.1, -0.05) is 6.07 Å². The molecule has 1 aromatic carbocycles. The molecular formula is C13H16N2O2. The summed E-state index contributed by atoms with van der Waals surface area (Å²) in [6.07, 6.45) is 0. The zero-order chi connectivity index (χ0) is 12.6. The standard InChI is InChI=1S/C13H16N2O2/c1-7(14)13(16)11-8(2)15-9-5-4-6-10(17-3)12(9)11/h4-7,15H,14H2,1-3H3. The first-order chi connectivity index (χ1) is 8.06. The molecule has 2 rings (SSSR count). The van der Waals surface area contributed by atoms with Crippen LogP contribution in [0, 0.1) is 6.92 Å². The smallest absolute Gasteiger partial charge is 0.181 e. The van der Waals surface area contributed by atoms with E-state index in [9.17, 15) is 4.79 Å². The normalized spacial score (nSPS) is 12.7. The molecule has 0 fully saturated rings. The molecule has 90 valence electrons. The highest BCUT2D eigenvalue weighted by Gasteiger charge is 2.21. The van der Waals surface area contributed by atoms with Gasteiger partial charge in [0.05, 0.1) is 29.6 Å². The second-order valence-electron chi connectivity index (χ2n) is 4.16. The molecule has 0 radical (unpaired) electrons. The molecule has 0 saturated carbocycles. The summed E-state index contributed by atoms with van der Waals surface area (Å²) in [7, 11) is 1.59. The third-order valence-corrected chi connectivity index (χ3v) is 2.85. The summed E-state index contributed by atoms with van der Waals surface area (Å²) in [5, 5.41) is 0.815. The average Bonchev–Trinajstić information content (AvgIpc) is 2.63. The van der Waals surface area contributed by atoms with Gasteiger partial charge in [-0.05, 0) is 26.0 Å². The highest BCUT2D eigenvalue weighted by Crippen LogP contribution is 2.31. The van der Waals surface area contributed by atoms with Crippen LogP contribution in [-0.4, -0.2) is 23.9 Å². The van der Waals surface area contributed by atoms with E-state index in [2.05, 4.69) is 4.98 Å². The molecule has 1 atom stereocenters. The molecule has 1 heterocycles. The number of H-pyrrole nitrogens is 1. The van der Waals surface area contributed by atoms with Crippen LogP contribution in [0.3, 0.4) is 0 Å². The Balaban J connectivity index is 2.77. The van der Waals surface area contributed by atoms with Crippen molar-refractivity contribution in [2.75, 3.05) is 7.11 Å². The SMILES string of the molecule is COc1cccc2[nH]c(C)c(C(=O)C(C)N)c12. The van der Waals surface area contributed by atoms with Crippen LogP contribution in [-0.2, 0) is 0 Å². The minimum Gasteiger partial charge on any atom is -0.496 e. The minimum absolute atomic E-state index is 0.0711. The van der Waals surface area contributed by atoms with Crippen molar-refractivity contribution in [1.29, 1.82) is 0 Å². The topological polar surface area (TPSA) is 68.1 Å². The molecule has 0 bridgehead atoms. The van der Waals surface area contributed by atoms with E-state index in [0.717, 1.165) is 16.6 Å². The van der Waals surface area contributed by atoms with Crippen LogP contribution < -0.4 is 10.5 Å². The van der Waals surface area contributed by atoms with E-state index in [0.29, 0.717) is 11.3 Å². The van der Waals surface area contributed by atoms with Gasteiger partial charge in [0.25, 0.3) is 0 Å². The number of aromatic nitrogens is 1. The maximum absolute atomic E-state index is 12.1. The lowest BCUT2D eigenvalue weighted by Crippen LogP contribution is -2.27. The van der Waals surface area contributed by atoms with E-state index in [1.54, 1.807) is 14.0 Å². The molecule has 0 aliphatic rings. The Labute approximate surface area is 99.8 Å². The monoisotopic (exact) mass is 232 g/mol. The van der Waals surface area contributed by atoms with Crippen molar-refractivity contribution in [3.63, 3.8) is 0 Å². The average molecular weight is 232 g/mol. The van der Waals surface area contributed by atoms with Gasteiger partial charge >= 0.3 is 0 Å². The lowest BCUT2D eigenvalue weighted by Gasteiger charge is -2.07. The van der Waals surface area contributed by atoms with Gasteiger partial charge in [-0.25, -0.2) is 0 Å². The number of hydrogen-bond donors (Lipinski definition) is 2. The van der Waals surface area contributed by atoms with Crippen molar-refractivity contribution in [2.45, 2.75) is 19.9 Å². The quantitative estimate of drug-likeness (QED) is 0.795. The second-order valence-corrected chi connectivity index (χ2v) is 4.16. The van der Waals surface area contributed by atoms with Crippen molar-refractivity contribution >= 4 is 16.7 Å². The highest BCUT2D eigenvalue weighted by molar-refractivity contribution is 6.13. The number of ketones is 1. The van der Waals surface area contributed by atoms with E-state index in [4.69, 9.17) is 10.5 Å². The Morgan fingerprint density at radius 2 is 2.18 bits per heavy atom. The number of aryl methyl sites for hydroxylation is 1. The van der Waals surface area contributed by atoms with Gasteiger partial charge in [-0.3, -0.25) is 4.79 Å². The van der Waals surface area contributed by atoms with Crippen molar-refractivity contribution in [3.8, 4) is 5.75 Å². The summed E-state index contributed by atoms with van der Waals surface area (Å²) >= 11 is 0. The number of hydrogen-bond acceptors (Lipinski definition) is 3. The Kier molecular flexibility index (Phi) is 2.90.